The molecule has 2 rings (SSSR count). The quantitative estimate of drug-likeness (QED) is 0.753. The van der Waals surface area contributed by atoms with Gasteiger partial charge in [-0.1, -0.05) is 48.6 Å². The van der Waals surface area contributed by atoms with Crippen molar-refractivity contribution in [1.82, 2.24) is 0 Å². The van der Waals surface area contributed by atoms with Gasteiger partial charge in [-0.05, 0) is 17.6 Å². The van der Waals surface area contributed by atoms with Crippen molar-refractivity contribution in [3.05, 3.63) is 54.1 Å². The highest BCUT2D eigenvalue weighted by Gasteiger charge is 2.42. The Morgan fingerprint density at radius 1 is 1.24 bits per heavy atom. The van der Waals surface area contributed by atoms with Crippen molar-refractivity contribution in [2.45, 2.75) is 11.7 Å². The summed E-state index contributed by atoms with van der Waals surface area (Å²) in [6.45, 7) is 0. The van der Waals surface area contributed by atoms with Crippen LogP contribution in [0, 0.1) is 11.3 Å². The van der Waals surface area contributed by atoms with E-state index in [2.05, 4.69) is 0 Å². The number of hydrogen-bond donors (Lipinski definition) is 2. The maximum absolute atomic E-state index is 9.35. The van der Waals surface area contributed by atoms with Gasteiger partial charge >= 0.3 is 7.12 Å². The molecule has 1 atom stereocenters. The third-order valence-electron chi connectivity index (χ3n) is 2.99. The van der Waals surface area contributed by atoms with Crippen LogP contribution in [0.3, 0.4) is 0 Å². The van der Waals surface area contributed by atoms with E-state index in [9.17, 15) is 10.0 Å². The monoisotopic (exact) mass is 225 g/mol. The molecule has 0 fully saturated rings. The SMILES string of the molecule is N#CC1(B(O)O)C=CC=C(c2ccccc2)C1. The zero-order valence-corrected chi connectivity index (χ0v) is 9.24. The molecule has 0 radical (unpaired) electrons. The highest BCUT2D eigenvalue weighted by Crippen LogP contribution is 2.42. The van der Waals surface area contributed by atoms with Crippen LogP contribution in [0.15, 0.2) is 48.6 Å². The zero-order chi connectivity index (χ0) is 12.3. The molecule has 4 heteroatoms. The molecule has 1 aliphatic carbocycles. The molecule has 0 heterocycles. The van der Waals surface area contributed by atoms with Crippen LogP contribution in [-0.4, -0.2) is 17.2 Å². The Morgan fingerprint density at radius 2 is 1.94 bits per heavy atom. The molecule has 84 valence electrons. The fraction of sp³-hybridized carbons (Fsp3) is 0.154. The van der Waals surface area contributed by atoms with E-state index in [0.29, 0.717) is 6.42 Å². The standard InChI is InChI=1S/C13H12BNO2/c15-10-13(14(16)17)8-4-7-12(9-13)11-5-2-1-3-6-11/h1-8,16-17H,9H2. The van der Waals surface area contributed by atoms with Crippen LogP contribution in [0.5, 0.6) is 0 Å². The van der Waals surface area contributed by atoms with E-state index >= 15 is 0 Å². The molecule has 3 nitrogen and oxygen atoms in total. The molecule has 2 N–H and O–H groups in total. The molecular weight excluding hydrogens is 213 g/mol. The van der Waals surface area contributed by atoms with Crippen molar-refractivity contribution in [2.24, 2.45) is 0 Å². The molecule has 1 aromatic carbocycles. The van der Waals surface area contributed by atoms with Crippen molar-refractivity contribution < 1.29 is 10.0 Å². The van der Waals surface area contributed by atoms with Gasteiger partial charge < -0.3 is 10.0 Å². The van der Waals surface area contributed by atoms with Crippen molar-refractivity contribution in [1.29, 1.82) is 5.26 Å². The summed E-state index contributed by atoms with van der Waals surface area (Å²) in [6, 6.07) is 11.6. The maximum Gasteiger partial charge on any atom is 0.477 e. The van der Waals surface area contributed by atoms with Gasteiger partial charge in [0.1, 0.15) is 5.31 Å². The first-order chi connectivity index (χ1) is 8.18. The van der Waals surface area contributed by atoms with Gasteiger partial charge in [0.05, 0.1) is 6.07 Å². The number of nitrogens with zero attached hydrogens (tertiary/aromatic N) is 1. The Kier molecular flexibility index (Phi) is 3.14. The fourth-order valence-electron chi connectivity index (χ4n) is 1.93. The van der Waals surface area contributed by atoms with Crippen LogP contribution >= 0.6 is 0 Å². The lowest BCUT2D eigenvalue weighted by atomic mass is 9.54. The predicted molar refractivity (Wildman–Crippen MR) is 66.7 cm³/mol. The largest absolute Gasteiger partial charge is 0.477 e. The second-order valence-electron chi connectivity index (χ2n) is 4.12. The molecule has 0 saturated carbocycles. The molecule has 0 saturated heterocycles. The zero-order valence-electron chi connectivity index (χ0n) is 9.24. The number of allylic oxidation sites excluding steroid dienone is 4. The van der Waals surface area contributed by atoms with Crippen molar-refractivity contribution in [3.8, 4) is 6.07 Å². The Hall–Kier alpha value is -1.83. The molecule has 0 amide bonds. The number of benzene rings is 1. The molecule has 0 aliphatic heterocycles. The van der Waals surface area contributed by atoms with Crippen molar-refractivity contribution in [3.63, 3.8) is 0 Å². The first-order valence-corrected chi connectivity index (χ1v) is 5.39. The fourth-order valence-corrected chi connectivity index (χ4v) is 1.93. The maximum atomic E-state index is 9.35. The Morgan fingerprint density at radius 3 is 2.53 bits per heavy atom. The lowest BCUT2D eigenvalue weighted by Crippen LogP contribution is -2.31. The highest BCUT2D eigenvalue weighted by atomic mass is 16.4. The van der Waals surface area contributed by atoms with Gasteiger partial charge in [-0.3, -0.25) is 0 Å². The molecule has 0 aromatic heterocycles. The molecule has 0 spiro atoms. The molecule has 1 aromatic rings. The number of nitriles is 1. The normalized spacial score (nSPS) is 22.8. The van der Waals surface area contributed by atoms with Gasteiger partial charge in [0, 0.05) is 0 Å². The average Bonchev–Trinajstić information content (AvgIpc) is 2.39. The van der Waals surface area contributed by atoms with Crippen molar-refractivity contribution >= 4 is 12.7 Å². The average molecular weight is 225 g/mol. The summed E-state index contributed by atoms with van der Waals surface area (Å²) in [6.07, 6.45) is 5.45. The second-order valence-corrected chi connectivity index (χ2v) is 4.12. The summed E-state index contributed by atoms with van der Waals surface area (Å²) in [5, 5.41) is 26.6. The second kappa shape index (κ2) is 4.58. The third kappa shape index (κ3) is 2.16. The van der Waals surface area contributed by atoms with E-state index in [1.807, 2.05) is 42.5 Å². The van der Waals surface area contributed by atoms with E-state index in [1.165, 1.54) is 0 Å². The summed E-state index contributed by atoms with van der Waals surface area (Å²) in [7, 11) is -1.67. The number of hydrogen-bond acceptors (Lipinski definition) is 3. The van der Waals surface area contributed by atoms with E-state index in [4.69, 9.17) is 5.26 Å². The van der Waals surface area contributed by atoms with Crippen LogP contribution in [0.1, 0.15) is 12.0 Å². The molecule has 0 bridgehead atoms. The highest BCUT2D eigenvalue weighted by molar-refractivity contribution is 6.48. The predicted octanol–water partition coefficient (Wildman–Crippen LogP) is 1.77. The van der Waals surface area contributed by atoms with Gasteiger partial charge in [-0.15, -0.1) is 0 Å². The van der Waals surface area contributed by atoms with Gasteiger partial charge in [0.2, 0.25) is 0 Å². The summed E-state index contributed by atoms with van der Waals surface area (Å²) >= 11 is 0. The van der Waals surface area contributed by atoms with Crippen molar-refractivity contribution in [2.75, 3.05) is 0 Å². The van der Waals surface area contributed by atoms with E-state index < -0.39 is 12.4 Å². The Bertz CT molecular complexity index is 502. The van der Waals surface area contributed by atoms with Gasteiger partial charge in [0.25, 0.3) is 0 Å². The summed E-state index contributed by atoms with van der Waals surface area (Å²) in [4.78, 5) is 0. The van der Waals surface area contributed by atoms with E-state index in [1.54, 1.807) is 12.2 Å². The van der Waals surface area contributed by atoms with E-state index in [0.717, 1.165) is 11.1 Å². The van der Waals surface area contributed by atoms with Crippen LogP contribution in [-0.2, 0) is 0 Å². The summed E-state index contributed by atoms with van der Waals surface area (Å²) < 4.78 is 0. The van der Waals surface area contributed by atoms with Crippen LogP contribution in [0.25, 0.3) is 5.57 Å². The van der Waals surface area contributed by atoms with Gasteiger partial charge in [-0.25, -0.2) is 0 Å². The van der Waals surface area contributed by atoms with Crippen LogP contribution in [0.4, 0.5) is 0 Å². The number of rotatable bonds is 2. The smallest absolute Gasteiger partial charge is 0.426 e. The Balaban J connectivity index is 2.34. The van der Waals surface area contributed by atoms with Gasteiger partial charge in [-0.2, -0.15) is 5.26 Å². The van der Waals surface area contributed by atoms with Gasteiger partial charge in [0.15, 0.2) is 0 Å². The summed E-state index contributed by atoms with van der Waals surface area (Å²) in [5.41, 5.74) is 1.93. The lowest BCUT2D eigenvalue weighted by molar-refractivity contribution is 0.379. The Labute approximate surface area is 100 Å². The van der Waals surface area contributed by atoms with E-state index in [-0.39, 0.29) is 0 Å². The minimum Gasteiger partial charge on any atom is -0.426 e. The van der Waals surface area contributed by atoms with Crippen LogP contribution in [0.2, 0.25) is 5.31 Å². The molecular formula is C13H12BNO2. The summed E-state index contributed by atoms with van der Waals surface area (Å²) in [5.74, 6) is 0. The first kappa shape index (κ1) is 11.7. The molecule has 1 unspecified atom stereocenters. The minimum atomic E-state index is -1.67. The topological polar surface area (TPSA) is 64.2 Å². The van der Waals surface area contributed by atoms with Crippen LogP contribution < -0.4 is 0 Å². The minimum absolute atomic E-state index is 0.307. The lowest BCUT2D eigenvalue weighted by Gasteiger charge is -2.25. The third-order valence-corrected chi connectivity index (χ3v) is 2.99. The molecule has 17 heavy (non-hydrogen) atoms. The molecule has 1 aliphatic rings. The first-order valence-electron chi connectivity index (χ1n) is 5.39.